The van der Waals surface area contributed by atoms with Gasteiger partial charge in [-0.25, -0.2) is 4.98 Å². The van der Waals surface area contributed by atoms with Crippen LogP contribution in [0, 0.1) is 11.3 Å². The minimum absolute atomic E-state index is 0.210. The van der Waals surface area contributed by atoms with E-state index in [0.29, 0.717) is 11.4 Å². The van der Waals surface area contributed by atoms with Gasteiger partial charge >= 0.3 is 6.18 Å². The van der Waals surface area contributed by atoms with Crippen molar-refractivity contribution in [2.24, 2.45) is 0 Å². The molecule has 1 aliphatic heterocycles. The second kappa shape index (κ2) is 8.02. The Kier molecular flexibility index (Phi) is 5.72. The summed E-state index contributed by atoms with van der Waals surface area (Å²) in [5, 5.41) is 23.1. The van der Waals surface area contributed by atoms with E-state index in [2.05, 4.69) is 31.1 Å². The zero-order chi connectivity index (χ0) is 21.5. The van der Waals surface area contributed by atoms with Crippen molar-refractivity contribution in [3.63, 3.8) is 0 Å². The number of hydrogen-bond donors (Lipinski definition) is 2. The summed E-state index contributed by atoms with van der Waals surface area (Å²) >= 11 is 3.53. The first-order valence-electron chi connectivity index (χ1n) is 9.98. The maximum atomic E-state index is 13.0. The van der Waals surface area contributed by atoms with Crippen molar-refractivity contribution in [1.82, 2.24) is 9.88 Å². The Morgan fingerprint density at radius 3 is 2.53 bits per heavy atom. The van der Waals surface area contributed by atoms with Crippen molar-refractivity contribution in [3.8, 4) is 6.07 Å². The van der Waals surface area contributed by atoms with Gasteiger partial charge in [0.1, 0.15) is 11.9 Å². The molecule has 30 heavy (non-hydrogen) atoms. The number of alkyl halides is 3. The van der Waals surface area contributed by atoms with Crippen LogP contribution in [-0.2, 0) is 0 Å². The largest absolute Gasteiger partial charge is 0.444 e. The first-order valence-corrected chi connectivity index (χ1v) is 10.8. The van der Waals surface area contributed by atoms with Crippen LogP contribution in [0.5, 0.6) is 0 Å². The van der Waals surface area contributed by atoms with E-state index in [9.17, 15) is 18.3 Å². The van der Waals surface area contributed by atoms with E-state index in [1.54, 1.807) is 12.3 Å². The third kappa shape index (κ3) is 4.03. The Labute approximate surface area is 180 Å². The van der Waals surface area contributed by atoms with Crippen LogP contribution < -0.4 is 5.32 Å². The number of aliphatic hydroxyl groups is 1. The molecule has 0 aromatic carbocycles. The van der Waals surface area contributed by atoms with Crippen LogP contribution >= 0.6 is 15.9 Å². The summed E-state index contributed by atoms with van der Waals surface area (Å²) in [6.45, 7) is 0.536. The van der Waals surface area contributed by atoms with E-state index in [1.807, 2.05) is 6.07 Å². The zero-order valence-electron chi connectivity index (χ0n) is 16.2. The van der Waals surface area contributed by atoms with Crippen LogP contribution in [0.2, 0.25) is 0 Å². The highest BCUT2D eigenvalue weighted by Gasteiger charge is 2.54. The van der Waals surface area contributed by atoms with Crippen LogP contribution in [0.15, 0.2) is 21.2 Å². The van der Waals surface area contributed by atoms with E-state index < -0.39 is 11.8 Å². The fourth-order valence-electron chi connectivity index (χ4n) is 4.46. The van der Waals surface area contributed by atoms with Crippen LogP contribution in [0.3, 0.4) is 0 Å². The van der Waals surface area contributed by atoms with Gasteiger partial charge in [0.2, 0.25) is 5.76 Å². The topological polar surface area (TPSA) is 85.3 Å². The van der Waals surface area contributed by atoms with Gasteiger partial charge in [-0.15, -0.1) is 0 Å². The van der Waals surface area contributed by atoms with Gasteiger partial charge in [-0.3, -0.25) is 0 Å². The molecule has 1 saturated carbocycles. The molecule has 2 N–H and O–H groups in total. The molecule has 4 rings (SSSR count). The third-order valence-corrected chi connectivity index (χ3v) is 7.14. The molecule has 0 unspecified atom stereocenters. The molecule has 3 heterocycles. The molecule has 6 nitrogen and oxygen atoms in total. The predicted octanol–water partition coefficient (Wildman–Crippen LogP) is 4.57. The predicted molar refractivity (Wildman–Crippen MR) is 108 cm³/mol. The number of likely N-dealkylation sites (tertiary alicyclic amines) is 1. The Balaban J connectivity index is 1.33. The number of hydrogen-bond acceptors (Lipinski definition) is 6. The van der Waals surface area contributed by atoms with Crippen molar-refractivity contribution in [2.45, 2.75) is 62.4 Å². The lowest BCUT2D eigenvalue weighted by molar-refractivity contribution is -0.273. The van der Waals surface area contributed by atoms with Crippen LogP contribution in [0.1, 0.15) is 44.3 Å². The first kappa shape index (κ1) is 21.4. The Bertz CT molecular complexity index is 955. The molecule has 162 valence electrons. The monoisotopic (exact) mass is 486 g/mol. The van der Waals surface area contributed by atoms with Crippen molar-refractivity contribution in [3.05, 3.63) is 22.5 Å². The highest BCUT2D eigenvalue weighted by atomic mass is 79.9. The molecule has 2 fully saturated rings. The number of nitrogens with one attached hydrogen (secondary N) is 1. The minimum atomic E-state index is -4.56. The lowest BCUT2D eigenvalue weighted by Gasteiger charge is -2.44. The summed E-state index contributed by atoms with van der Waals surface area (Å²) in [6.07, 6.45) is 0.0212. The van der Waals surface area contributed by atoms with Gasteiger partial charge < -0.3 is 19.7 Å². The molecule has 1 aliphatic carbocycles. The molecule has 0 atom stereocenters. The lowest BCUT2D eigenvalue weighted by Crippen LogP contribution is -2.55. The van der Waals surface area contributed by atoms with E-state index >= 15 is 0 Å². The summed E-state index contributed by atoms with van der Waals surface area (Å²) in [7, 11) is 0. The standard InChI is InChI=1S/C20H22BrF3N4O2/c21-17-15-9-14(10-25)30-16(15)11-26-18(17)27-12-1-3-13(4-2-12)28-7-5-19(29,6-8-28)20(22,23)24/h9,11-13,29H,1-8H2,(H,26,27). The van der Waals surface area contributed by atoms with Gasteiger partial charge in [-0.1, -0.05) is 0 Å². The molecule has 0 spiro atoms. The van der Waals surface area contributed by atoms with E-state index in [-0.39, 0.29) is 43.8 Å². The number of pyridine rings is 1. The van der Waals surface area contributed by atoms with E-state index in [0.717, 1.165) is 35.5 Å². The van der Waals surface area contributed by atoms with Crippen LogP contribution in [0.4, 0.5) is 19.0 Å². The number of furan rings is 1. The van der Waals surface area contributed by atoms with Crippen LogP contribution in [0.25, 0.3) is 11.0 Å². The Morgan fingerprint density at radius 1 is 1.27 bits per heavy atom. The average molecular weight is 487 g/mol. The number of rotatable bonds is 3. The Hall–Kier alpha value is -1.83. The van der Waals surface area contributed by atoms with Crippen molar-refractivity contribution >= 4 is 32.7 Å². The average Bonchev–Trinajstić information content (AvgIpc) is 3.15. The number of halogens is 4. The fraction of sp³-hybridized carbons (Fsp3) is 0.600. The number of nitrogens with zero attached hydrogens (tertiary/aromatic N) is 3. The molecule has 0 amide bonds. The first-order chi connectivity index (χ1) is 14.2. The quantitative estimate of drug-likeness (QED) is 0.660. The smallest absolute Gasteiger partial charge is 0.417 e. The van der Waals surface area contributed by atoms with Gasteiger partial charge in [0, 0.05) is 36.6 Å². The van der Waals surface area contributed by atoms with Gasteiger partial charge in [-0.05, 0) is 54.5 Å². The highest BCUT2D eigenvalue weighted by molar-refractivity contribution is 9.10. The fourth-order valence-corrected chi connectivity index (χ4v) is 4.98. The molecule has 10 heteroatoms. The molecule has 0 radical (unpaired) electrons. The van der Waals surface area contributed by atoms with Crippen molar-refractivity contribution in [2.75, 3.05) is 18.4 Å². The second-order valence-electron chi connectivity index (χ2n) is 8.14. The summed E-state index contributed by atoms with van der Waals surface area (Å²) in [5.41, 5.74) is -2.01. The SMILES string of the molecule is N#Cc1cc2c(Br)c(NC3CCC(N4CCC(O)(C(F)(F)F)CC4)CC3)ncc2o1. The summed E-state index contributed by atoms with van der Waals surface area (Å²) < 4.78 is 45.1. The molecular formula is C20H22BrF3N4O2. The van der Waals surface area contributed by atoms with Gasteiger partial charge in [0.15, 0.2) is 11.2 Å². The number of nitriles is 1. The lowest BCUT2D eigenvalue weighted by atomic mass is 9.86. The highest BCUT2D eigenvalue weighted by Crippen LogP contribution is 2.40. The van der Waals surface area contributed by atoms with Gasteiger partial charge in [0.05, 0.1) is 10.7 Å². The molecule has 2 aromatic heterocycles. The zero-order valence-corrected chi connectivity index (χ0v) is 17.8. The van der Waals surface area contributed by atoms with Crippen LogP contribution in [-0.4, -0.2) is 51.9 Å². The van der Waals surface area contributed by atoms with Crippen molar-refractivity contribution in [1.29, 1.82) is 5.26 Å². The minimum Gasteiger partial charge on any atom is -0.444 e. The summed E-state index contributed by atoms with van der Waals surface area (Å²) in [6, 6.07) is 4.10. The normalized spacial score (nSPS) is 25.2. The molecule has 0 bridgehead atoms. The Morgan fingerprint density at radius 2 is 1.93 bits per heavy atom. The maximum Gasteiger partial charge on any atom is 0.417 e. The van der Waals surface area contributed by atoms with E-state index in [1.165, 1.54) is 0 Å². The number of anilines is 1. The maximum absolute atomic E-state index is 13.0. The van der Waals surface area contributed by atoms with E-state index in [4.69, 9.17) is 9.68 Å². The third-order valence-electron chi connectivity index (χ3n) is 6.33. The summed E-state index contributed by atoms with van der Waals surface area (Å²) in [4.78, 5) is 6.48. The van der Waals surface area contributed by atoms with Crippen molar-refractivity contribution < 1.29 is 22.7 Å². The number of aromatic nitrogens is 1. The molecule has 2 aliphatic rings. The second-order valence-corrected chi connectivity index (χ2v) is 8.93. The number of piperidine rings is 1. The molecule has 1 saturated heterocycles. The summed E-state index contributed by atoms with van der Waals surface area (Å²) in [5.74, 6) is 0.911. The number of fused-ring (bicyclic) bond motifs is 1. The molecule has 2 aromatic rings. The molecular weight excluding hydrogens is 465 g/mol. The van der Waals surface area contributed by atoms with Gasteiger partial charge in [-0.2, -0.15) is 18.4 Å². The van der Waals surface area contributed by atoms with Gasteiger partial charge in [0.25, 0.3) is 0 Å².